The molecule has 0 saturated heterocycles. The van der Waals surface area contributed by atoms with E-state index in [2.05, 4.69) is 5.10 Å². The van der Waals surface area contributed by atoms with Crippen molar-refractivity contribution >= 4 is 5.69 Å². The molecule has 84 valence electrons. The van der Waals surface area contributed by atoms with Crippen molar-refractivity contribution in [3.05, 3.63) is 36.7 Å². The zero-order valence-corrected chi connectivity index (χ0v) is 9.00. The van der Waals surface area contributed by atoms with Crippen LogP contribution in [0.2, 0.25) is 0 Å². The van der Waals surface area contributed by atoms with Crippen molar-refractivity contribution in [1.29, 1.82) is 0 Å². The van der Waals surface area contributed by atoms with Crippen molar-refractivity contribution in [2.45, 2.75) is 13.0 Å². The molecule has 0 fully saturated rings. The van der Waals surface area contributed by atoms with Crippen LogP contribution in [0.15, 0.2) is 36.7 Å². The lowest BCUT2D eigenvalue weighted by Crippen LogP contribution is -1.99. The number of anilines is 1. The topological polar surface area (TPSA) is 64.1 Å². The first-order valence-corrected chi connectivity index (χ1v) is 5.29. The molecule has 4 heteroatoms. The van der Waals surface area contributed by atoms with Crippen LogP contribution >= 0.6 is 0 Å². The second-order valence-electron chi connectivity index (χ2n) is 3.69. The number of rotatable bonds is 4. The number of nitrogens with two attached hydrogens (primary N) is 1. The highest BCUT2D eigenvalue weighted by atomic mass is 16.3. The summed E-state index contributed by atoms with van der Waals surface area (Å²) in [5, 5.41) is 13.0. The third-order valence-corrected chi connectivity index (χ3v) is 2.42. The van der Waals surface area contributed by atoms with Crippen LogP contribution in [-0.2, 0) is 6.54 Å². The van der Waals surface area contributed by atoms with Crippen LogP contribution < -0.4 is 5.73 Å². The molecule has 0 spiro atoms. The standard InChI is InChI=1S/C12H15N3O/c13-12-4-2-10(3-5-12)11-8-14-15(9-11)6-1-7-16/h2-5,8-9,16H,1,6-7,13H2. The van der Waals surface area contributed by atoms with Gasteiger partial charge in [-0.3, -0.25) is 4.68 Å². The molecule has 0 unspecified atom stereocenters. The quantitative estimate of drug-likeness (QED) is 0.763. The van der Waals surface area contributed by atoms with E-state index in [-0.39, 0.29) is 6.61 Å². The van der Waals surface area contributed by atoms with E-state index in [0.29, 0.717) is 0 Å². The van der Waals surface area contributed by atoms with E-state index >= 15 is 0 Å². The average molecular weight is 217 g/mol. The summed E-state index contributed by atoms with van der Waals surface area (Å²) < 4.78 is 1.84. The first-order valence-electron chi connectivity index (χ1n) is 5.29. The molecule has 16 heavy (non-hydrogen) atoms. The number of aliphatic hydroxyl groups is 1. The second kappa shape index (κ2) is 4.81. The van der Waals surface area contributed by atoms with Crippen LogP contribution in [0, 0.1) is 0 Å². The van der Waals surface area contributed by atoms with E-state index in [1.165, 1.54) is 0 Å². The summed E-state index contributed by atoms with van der Waals surface area (Å²) in [5.74, 6) is 0. The minimum Gasteiger partial charge on any atom is -0.399 e. The lowest BCUT2D eigenvalue weighted by molar-refractivity contribution is 0.277. The van der Waals surface area contributed by atoms with Gasteiger partial charge in [0.25, 0.3) is 0 Å². The van der Waals surface area contributed by atoms with Gasteiger partial charge in [-0.1, -0.05) is 12.1 Å². The summed E-state index contributed by atoms with van der Waals surface area (Å²) in [6, 6.07) is 7.70. The number of aryl methyl sites for hydroxylation is 1. The smallest absolute Gasteiger partial charge is 0.0568 e. The summed E-state index contributed by atoms with van der Waals surface area (Å²) in [6.07, 6.45) is 4.52. The molecule has 1 aromatic heterocycles. The van der Waals surface area contributed by atoms with Gasteiger partial charge in [-0.2, -0.15) is 5.10 Å². The summed E-state index contributed by atoms with van der Waals surface area (Å²) >= 11 is 0. The highest BCUT2D eigenvalue weighted by Crippen LogP contribution is 2.19. The van der Waals surface area contributed by atoms with Crippen LogP contribution in [0.3, 0.4) is 0 Å². The van der Waals surface area contributed by atoms with Gasteiger partial charge in [0.1, 0.15) is 0 Å². The number of hydrogen-bond acceptors (Lipinski definition) is 3. The lowest BCUT2D eigenvalue weighted by Gasteiger charge is -1.98. The molecule has 0 aliphatic heterocycles. The zero-order valence-electron chi connectivity index (χ0n) is 9.00. The molecule has 0 aliphatic carbocycles. The number of nitrogens with zero attached hydrogens (tertiary/aromatic N) is 2. The highest BCUT2D eigenvalue weighted by molar-refractivity contribution is 5.63. The van der Waals surface area contributed by atoms with E-state index < -0.39 is 0 Å². The van der Waals surface area contributed by atoms with Crippen molar-refractivity contribution in [1.82, 2.24) is 9.78 Å². The fourth-order valence-corrected chi connectivity index (χ4v) is 1.54. The molecule has 1 heterocycles. The highest BCUT2D eigenvalue weighted by Gasteiger charge is 2.01. The summed E-state index contributed by atoms with van der Waals surface area (Å²) in [4.78, 5) is 0. The number of hydrogen-bond donors (Lipinski definition) is 2. The molecule has 4 nitrogen and oxygen atoms in total. The van der Waals surface area contributed by atoms with Crippen LogP contribution in [0.1, 0.15) is 6.42 Å². The van der Waals surface area contributed by atoms with Crippen molar-refractivity contribution in [2.75, 3.05) is 12.3 Å². The average Bonchev–Trinajstić information content (AvgIpc) is 2.76. The Bertz CT molecular complexity index is 448. The van der Waals surface area contributed by atoms with Crippen molar-refractivity contribution in [2.24, 2.45) is 0 Å². The van der Waals surface area contributed by atoms with Gasteiger partial charge < -0.3 is 10.8 Å². The van der Waals surface area contributed by atoms with Gasteiger partial charge in [0.2, 0.25) is 0 Å². The van der Waals surface area contributed by atoms with Crippen molar-refractivity contribution < 1.29 is 5.11 Å². The van der Waals surface area contributed by atoms with E-state index in [4.69, 9.17) is 10.8 Å². The first-order chi connectivity index (χ1) is 7.79. The fourth-order valence-electron chi connectivity index (χ4n) is 1.54. The molecule has 0 amide bonds. The molecule has 0 bridgehead atoms. The Morgan fingerprint density at radius 2 is 1.94 bits per heavy atom. The molecular weight excluding hydrogens is 202 g/mol. The third kappa shape index (κ3) is 2.41. The van der Waals surface area contributed by atoms with Gasteiger partial charge in [-0.05, 0) is 24.1 Å². The molecule has 0 radical (unpaired) electrons. The predicted molar refractivity (Wildman–Crippen MR) is 63.8 cm³/mol. The van der Waals surface area contributed by atoms with E-state index in [1.807, 2.05) is 41.3 Å². The van der Waals surface area contributed by atoms with Gasteiger partial charge >= 0.3 is 0 Å². The van der Waals surface area contributed by atoms with Crippen LogP contribution in [0.4, 0.5) is 5.69 Å². The normalized spacial score (nSPS) is 10.6. The number of benzene rings is 1. The largest absolute Gasteiger partial charge is 0.399 e. The van der Waals surface area contributed by atoms with Crippen LogP contribution in [0.5, 0.6) is 0 Å². The van der Waals surface area contributed by atoms with E-state index in [9.17, 15) is 0 Å². The Kier molecular flexibility index (Phi) is 3.22. The number of aliphatic hydroxyl groups excluding tert-OH is 1. The van der Waals surface area contributed by atoms with E-state index in [1.54, 1.807) is 0 Å². The molecule has 0 atom stereocenters. The Morgan fingerprint density at radius 3 is 2.62 bits per heavy atom. The third-order valence-electron chi connectivity index (χ3n) is 2.42. The molecule has 2 aromatic rings. The maximum atomic E-state index is 8.73. The Morgan fingerprint density at radius 1 is 1.19 bits per heavy atom. The first kappa shape index (κ1) is 10.7. The SMILES string of the molecule is Nc1ccc(-c2cnn(CCCO)c2)cc1. The second-order valence-corrected chi connectivity index (χ2v) is 3.69. The minimum absolute atomic E-state index is 0.192. The lowest BCUT2D eigenvalue weighted by atomic mass is 10.1. The van der Waals surface area contributed by atoms with Gasteiger partial charge in [0, 0.05) is 30.6 Å². The van der Waals surface area contributed by atoms with Crippen molar-refractivity contribution in [3.63, 3.8) is 0 Å². The zero-order chi connectivity index (χ0) is 11.4. The fraction of sp³-hybridized carbons (Fsp3) is 0.250. The molecule has 0 saturated carbocycles. The molecule has 0 aliphatic rings. The summed E-state index contributed by atoms with van der Waals surface area (Å²) in [5.41, 5.74) is 8.56. The maximum Gasteiger partial charge on any atom is 0.0568 e. The molecule has 2 rings (SSSR count). The van der Waals surface area contributed by atoms with E-state index in [0.717, 1.165) is 29.8 Å². The van der Waals surface area contributed by atoms with Crippen molar-refractivity contribution in [3.8, 4) is 11.1 Å². The molecular formula is C12H15N3O. The van der Waals surface area contributed by atoms with Crippen LogP contribution in [-0.4, -0.2) is 21.5 Å². The molecule has 1 aromatic carbocycles. The summed E-state index contributed by atoms with van der Waals surface area (Å²) in [7, 11) is 0. The monoisotopic (exact) mass is 217 g/mol. The molecule has 3 N–H and O–H groups in total. The van der Waals surface area contributed by atoms with Gasteiger partial charge in [0.15, 0.2) is 0 Å². The van der Waals surface area contributed by atoms with Crippen LogP contribution in [0.25, 0.3) is 11.1 Å². The Hall–Kier alpha value is -1.81. The predicted octanol–water partition coefficient (Wildman–Crippen LogP) is 1.51. The Labute approximate surface area is 94.3 Å². The van der Waals surface area contributed by atoms with Gasteiger partial charge in [-0.25, -0.2) is 0 Å². The minimum atomic E-state index is 0.192. The number of aromatic nitrogens is 2. The number of nitrogen functional groups attached to an aromatic ring is 1. The van der Waals surface area contributed by atoms with Gasteiger partial charge in [-0.15, -0.1) is 0 Å². The summed E-state index contributed by atoms with van der Waals surface area (Å²) in [6.45, 7) is 0.933. The van der Waals surface area contributed by atoms with Gasteiger partial charge in [0.05, 0.1) is 6.20 Å². The maximum absolute atomic E-state index is 8.73. The Balaban J connectivity index is 2.15.